The molecule has 10 heteroatoms. The fourth-order valence-electron chi connectivity index (χ4n) is 3.07. The van der Waals surface area contributed by atoms with E-state index in [-0.39, 0.29) is 16.3 Å². The van der Waals surface area contributed by atoms with Crippen LogP contribution in [0.3, 0.4) is 0 Å². The van der Waals surface area contributed by atoms with Crippen molar-refractivity contribution in [3.05, 3.63) is 87.4 Å². The van der Waals surface area contributed by atoms with Gasteiger partial charge < -0.3 is 10.1 Å². The number of sulfonamides is 1. The number of amides is 1. The van der Waals surface area contributed by atoms with Crippen molar-refractivity contribution in [2.24, 2.45) is 0 Å². The van der Waals surface area contributed by atoms with Gasteiger partial charge in [-0.3, -0.25) is 4.79 Å². The van der Waals surface area contributed by atoms with Crippen molar-refractivity contribution in [1.82, 2.24) is 4.72 Å². The summed E-state index contributed by atoms with van der Waals surface area (Å²) >= 11 is 18.2. The molecule has 0 heterocycles. The number of carbonyl (C=O) groups excluding carboxylic acids is 1. The molecule has 0 spiro atoms. The zero-order valence-corrected chi connectivity index (χ0v) is 20.6. The summed E-state index contributed by atoms with van der Waals surface area (Å²) < 4.78 is 34.0. The van der Waals surface area contributed by atoms with E-state index in [1.165, 1.54) is 36.4 Å². The van der Waals surface area contributed by atoms with Crippen LogP contribution in [-0.2, 0) is 21.2 Å². The predicted octanol–water partition coefficient (Wildman–Crippen LogP) is 5.57. The van der Waals surface area contributed by atoms with Crippen LogP contribution in [0.15, 0.2) is 71.6 Å². The first-order valence-electron chi connectivity index (χ1n) is 9.93. The third kappa shape index (κ3) is 7.09. The smallest absolute Gasteiger partial charge is 0.242 e. The second-order valence-electron chi connectivity index (χ2n) is 7.04. The van der Waals surface area contributed by atoms with Crippen LogP contribution in [0.5, 0.6) is 5.75 Å². The number of ether oxygens (including phenoxy) is 1. The van der Waals surface area contributed by atoms with Crippen molar-refractivity contribution in [2.75, 3.05) is 11.9 Å². The highest BCUT2D eigenvalue weighted by molar-refractivity contribution is 7.89. The maximum atomic E-state index is 13.1. The number of halogens is 3. The summed E-state index contributed by atoms with van der Waals surface area (Å²) in [5.74, 6) is -0.202. The topological polar surface area (TPSA) is 84.5 Å². The lowest BCUT2D eigenvalue weighted by Crippen LogP contribution is -2.45. The molecule has 0 aliphatic carbocycles. The highest BCUT2D eigenvalue weighted by Gasteiger charge is 2.27. The Kier molecular flexibility index (Phi) is 8.62. The van der Waals surface area contributed by atoms with E-state index in [1.54, 1.807) is 19.1 Å². The third-order valence-electron chi connectivity index (χ3n) is 4.54. The highest BCUT2D eigenvalue weighted by atomic mass is 35.5. The molecule has 1 amide bonds. The Labute approximate surface area is 207 Å². The van der Waals surface area contributed by atoms with E-state index in [9.17, 15) is 13.2 Å². The predicted molar refractivity (Wildman–Crippen MR) is 132 cm³/mol. The van der Waals surface area contributed by atoms with E-state index in [0.29, 0.717) is 28.1 Å². The summed E-state index contributed by atoms with van der Waals surface area (Å²) in [6.07, 6.45) is 0.116. The Morgan fingerprint density at radius 2 is 1.64 bits per heavy atom. The number of anilines is 1. The number of carbonyl (C=O) groups is 1. The zero-order chi connectivity index (χ0) is 24.0. The molecule has 3 aromatic rings. The number of hydrogen-bond acceptors (Lipinski definition) is 4. The molecule has 0 saturated carbocycles. The van der Waals surface area contributed by atoms with Crippen LogP contribution in [0.4, 0.5) is 5.69 Å². The first-order chi connectivity index (χ1) is 15.7. The van der Waals surface area contributed by atoms with Crippen LogP contribution in [0.1, 0.15) is 12.5 Å². The largest absolute Gasteiger partial charge is 0.492 e. The van der Waals surface area contributed by atoms with E-state index >= 15 is 0 Å². The SMILES string of the molecule is CCOc1ccc(S(=O)(=O)NC(Cc2ccccc2)C(=O)Nc2cc(Cl)cc(Cl)c2)cc1Cl. The molecule has 0 bridgehead atoms. The highest BCUT2D eigenvalue weighted by Crippen LogP contribution is 2.28. The monoisotopic (exact) mass is 526 g/mol. The normalized spacial score (nSPS) is 12.2. The van der Waals surface area contributed by atoms with Gasteiger partial charge in [0.25, 0.3) is 0 Å². The molecule has 1 atom stereocenters. The van der Waals surface area contributed by atoms with E-state index in [1.807, 2.05) is 18.2 Å². The van der Waals surface area contributed by atoms with Crippen molar-refractivity contribution in [2.45, 2.75) is 24.3 Å². The standard InChI is InChI=1S/C23H21Cl3N2O4S/c1-2-32-22-9-8-19(14-20(22)26)33(30,31)28-21(10-15-6-4-3-5-7-15)23(29)27-18-12-16(24)11-17(25)13-18/h3-9,11-14,21,28H,2,10H2,1H3,(H,27,29). The maximum Gasteiger partial charge on any atom is 0.242 e. The minimum absolute atomic E-state index is 0.0902. The van der Waals surface area contributed by atoms with Gasteiger partial charge >= 0.3 is 0 Å². The Bertz CT molecular complexity index is 1220. The summed E-state index contributed by atoms with van der Waals surface area (Å²) in [6.45, 7) is 2.18. The van der Waals surface area contributed by atoms with Crippen LogP contribution in [-0.4, -0.2) is 27.0 Å². The van der Waals surface area contributed by atoms with Gasteiger partial charge in [-0.2, -0.15) is 4.72 Å². The number of hydrogen-bond donors (Lipinski definition) is 2. The van der Waals surface area contributed by atoms with Gasteiger partial charge in [0.1, 0.15) is 11.8 Å². The Balaban J connectivity index is 1.88. The summed E-state index contributed by atoms with van der Waals surface area (Å²) in [4.78, 5) is 13.0. The van der Waals surface area contributed by atoms with E-state index in [4.69, 9.17) is 39.5 Å². The van der Waals surface area contributed by atoms with Crippen molar-refractivity contribution >= 4 is 56.4 Å². The second kappa shape index (κ2) is 11.2. The average molecular weight is 528 g/mol. The van der Waals surface area contributed by atoms with Crippen molar-refractivity contribution in [1.29, 1.82) is 0 Å². The molecule has 3 aromatic carbocycles. The summed E-state index contributed by atoms with van der Waals surface area (Å²) in [5.41, 5.74) is 1.12. The van der Waals surface area contributed by atoms with Crippen LogP contribution < -0.4 is 14.8 Å². The first-order valence-corrected chi connectivity index (χ1v) is 12.5. The van der Waals surface area contributed by atoms with Gasteiger partial charge in [-0.25, -0.2) is 8.42 Å². The Morgan fingerprint density at radius 3 is 2.24 bits per heavy atom. The zero-order valence-electron chi connectivity index (χ0n) is 17.5. The lowest BCUT2D eigenvalue weighted by Gasteiger charge is -2.19. The summed E-state index contributed by atoms with van der Waals surface area (Å²) in [7, 11) is -4.09. The van der Waals surface area contributed by atoms with Crippen LogP contribution >= 0.6 is 34.8 Å². The minimum atomic E-state index is -4.09. The Morgan fingerprint density at radius 1 is 0.970 bits per heavy atom. The molecule has 0 radical (unpaired) electrons. The van der Waals surface area contributed by atoms with Gasteiger partial charge in [0.05, 0.1) is 16.5 Å². The molecule has 174 valence electrons. The molecule has 0 aliphatic heterocycles. The van der Waals surface area contributed by atoms with Gasteiger partial charge in [0, 0.05) is 15.7 Å². The second-order valence-corrected chi connectivity index (χ2v) is 10.0. The van der Waals surface area contributed by atoms with E-state index in [2.05, 4.69) is 10.0 Å². The molecule has 2 N–H and O–H groups in total. The summed E-state index contributed by atoms with van der Waals surface area (Å²) in [6, 6.07) is 16.6. The van der Waals surface area contributed by atoms with Gasteiger partial charge in [-0.1, -0.05) is 65.1 Å². The maximum absolute atomic E-state index is 13.1. The van der Waals surface area contributed by atoms with Crippen molar-refractivity contribution in [3.63, 3.8) is 0 Å². The molecule has 0 fully saturated rings. The molecule has 0 saturated heterocycles. The number of benzene rings is 3. The first kappa shape index (κ1) is 25.3. The average Bonchev–Trinajstić information content (AvgIpc) is 2.74. The Hall–Kier alpha value is -2.29. The quantitative estimate of drug-likeness (QED) is 0.381. The number of nitrogens with one attached hydrogen (secondary N) is 2. The lowest BCUT2D eigenvalue weighted by atomic mass is 10.1. The van der Waals surface area contributed by atoms with Gasteiger partial charge in [0.2, 0.25) is 15.9 Å². The van der Waals surface area contributed by atoms with Crippen LogP contribution in [0, 0.1) is 0 Å². The van der Waals surface area contributed by atoms with Gasteiger partial charge in [-0.05, 0) is 55.3 Å². The summed E-state index contributed by atoms with van der Waals surface area (Å²) in [5, 5.41) is 3.50. The van der Waals surface area contributed by atoms with Gasteiger partial charge in [-0.15, -0.1) is 0 Å². The molecule has 1 unspecified atom stereocenters. The molecular weight excluding hydrogens is 507 g/mol. The molecule has 0 aromatic heterocycles. The van der Waals surface area contributed by atoms with Crippen LogP contribution in [0.2, 0.25) is 15.1 Å². The molecule has 6 nitrogen and oxygen atoms in total. The fourth-order valence-corrected chi connectivity index (χ4v) is 5.12. The molecular formula is C23H21Cl3N2O4S. The van der Waals surface area contributed by atoms with Crippen LogP contribution in [0.25, 0.3) is 0 Å². The minimum Gasteiger partial charge on any atom is -0.492 e. The third-order valence-corrected chi connectivity index (χ3v) is 6.74. The van der Waals surface area contributed by atoms with E-state index < -0.39 is 22.0 Å². The van der Waals surface area contributed by atoms with Crippen molar-refractivity contribution in [3.8, 4) is 5.75 Å². The van der Waals surface area contributed by atoms with Crippen molar-refractivity contribution < 1.29 is 17.9 Å². The fraction of sp³-hybridized carbons (Fsp3) is 0.174. The molecule has 3 rings (SSSR count). The molecule has 33 heavy (non-hydrogen) atoms. The lowest BCUT2D eigenvalue weighted by molar-refractivity contribution is -0.117. The number of rotatable bonds is 9. The van der Waals surface area contributed by atoms with E-state index in [0.717, 1.165) is 5.56 Å². The van der Waals surface area contributed by atoms with Gasteiger partial charge in [0.15, 0.2) is 0 Å². The molecule has 0 aliphatic rings.